The van der Waals surface area contributed by atoms with E-state index in [9.17, 15) is 41.4 Å². The third-order valence-corrected chi connectivity index (χ3v) is 17.3. The maximum absolute atomic E-state index is 13.1. The number of hydrogen-bond acceptors (Lipinski definition) is 11. The summed E-state index contributed by atoms with van der Waals surface area (Å²) in [6, 6.07) is 24.8. The normalized spacial score (nSPS) is 23.4. The molecule has 5 N–H and O–H groups in total. The highest BCUT2D eigenvalue weighted by atomic mass is 35.5. The number of halogens is 1. The molecule has 2 saturated carbocycles. The lowest BCUT2D eigenvalue weighted by Crippen LogP contribution is -2.44. The summed E-state index contributed by atoms with van der Waals surface area (Å²) >= 11 is 2.28. The summed E-state index contributed by atoms with van der Waals surface area (Å²) in [6.45, 7) is 7.93. The second-order valence-electron chi connectivity index (χ2n) is 16.4. The highest BCUT2D eigenvalue weighted by Gasteiger charge is 2.64. The van der Waals surface area contributed by atoms with E-state index in [-0.39, 0.29) is 45.7 Å². The maximum Gasteiger partial charge on any atom is 0.410 e. The van der Waals surface area contributed by atoms with Crippen LogP contribution in [0.2, 0.25) is 0 Å². The fraction of sp³-hybridized carbons (Fsp3) is 0.372. The molecule has 332 valence electrons. The molecule has 14 nitrogen and oxygen atoms in total. The predicted molar refractivity (Wildman–Crippen MR) is 241 cm³/mol. The van der Waals surface area contributed by atoms with Gasteiger partial charge in [-0.2, -0.15) is 9.44 Å². The van der Waals surface area contributed by atoms with Crippen molar-refractivity contribution in [1.29, 1.82) is 0 Å². The molecule has 8 rings (SSSR count). The zero-order valence-electron chi connectivity index (χ0n) is 34.2. The van der Waals surface area contributed by atoms with Gasteiger partial charge in [0.15, 0.2) is 0 Å². The topological polar surface area (TPSA) is 209 Å². The van der Waals surface area contributed by atoms with Crippen LogP contribution in [0.3, 0.4) is 0 Å². The van der Waals surface area contributed by atoms with Gasteiger partial charge in [-0.05, 0) is 99.5 Å². The number of sulfonamides is 2. The zero-order chi connectivity index (χ0) is 43.8. The number of carbonyl (C=O) groups excluding carboxylic acids is 1. The van der Waals surface area contributed by atoms with Gasteiger partial charge in [-0.25, -0.2) is 21.6 Å². The van der Waals surface area contributed by atoms with Crippen LogP contribution in [0.25, 0.3) is 11.1 Å². The minimum Gasteiger partial charge on any atom is -0.480 e. The molecule has 4 atom stereocenters. The monoisotopic (exact) mass is 944 g/mol. The van der Waals surface area contributed by atoms with E-state index >= 15 is 0 Å². The van der Waals surface area contributed by atoms with Gasteiger partial charge >= 0.3 is 18.0 Å². The number of thiophene rings is 2. The molecule has 2 fully saturated rings. The fourth-order valence-electron chi connectivity index (χ4n) is 7.57. The third-order valence-electron chi connectivity index (χ3n) is 11.0. The van der Waals surface area contributed by atoms with Crippen molar-refractivity contribution in [1.82, 2.24) is 19.7 Å². The van der Waals surface area contributed by atoms with Crippen LogP contribution in [-0.2, 0) is 34.4 Å². The van der Waals surface area contributed by atoms with Crippen LogP contribution in [0.1, 0.15) is 79.2 Å². The Morgan fingerprint density at radius 2 is 1.19 bits per heavy atom. The number of nitrogens with one attached hydrogen (secondary N) is 3. The third kappa shape index (κ3) is 10.3. The number of ether oxygens (including phenoxy) is 1. The van der Waals surface area contributed by atoms with Gasteiger partial charge in [0.25, 0.3) is 20.0 Å². The summed E-state index contributed by atoms with van der Waals surface area (Å²) in [4.78, 5) is 39.5. The number of aliphatic carboxylic acids is 2. The van der Waals surface area contributed by atoms with Crippen LogP contribution in [-0.4, -0.2) is 92.8 Å². The van der Waals surface area contributed by atoms with Gasteiger partial charge in [0.2, 0.25) is 0 Å². The van der Waals surface area contributed by atoms with Gasteiger partial charge < -0.3 is 25.2 Å². The molecular weight excluding hydrogens is 896 g/mol. The summed E-state index contributed by atoms with van der Waals surface area (Å²) in [5.74, 6) is -3.10. The van der Waals surface area contributed by atoms with Gasteiger partial charge in [-0.3, -0.25) is 9.59 Å². The number of rotatable bonds is 12. The Labute approximate surface area is 375 Å². The summed E-state index contributed by atoms with van der Waals surface area (Å²) in [5, 5.41) is 22.8. The molecule has 4 aromatic rings. The van der Waals surface area contributed by atoms with E-state index in [1.54, 1.807) is 23.1 Å². The van der Waals surface area contributed by atoms with Crippen molar-refractivity contribution < 1.29 is 46.2 Å². The number of carboxylic acid groups (broad SMARTS) is 2. The van der Waals surface area contributed by atoms with Gasteiger partial charge in [0.1, 0.15) is 25.1 Å². The van der Waals surface area contributed by atoms with Crippen molar-refractivity contribution in [3.05, 3.63) is 118 Å². The molecule has 2 aliphatic carbocycles. The molecule has 1 amide bonds. The molecule has 4 heterocycles. The fourth-order valence-corrected chi connectivity index (χ4v) is 13.1. The Kier molecular flexibility index (Phi) is 14.0. The summed E-state index contributed by atoms with van der Waals surface area (Å²) in [7, 11) is -7.94. The molecule has 62 heavy (non-hydrogen) atoms. The first-order chi connectivity index (χ1) is 28.8. The largest absolute Gasteiger partial charge is 0.480 e. The van der Waals surface area contributed by atoms with E-state index in [0.29, 0.717) is 19.5 Å². The lowest BCUT2D eigenvalue weighted by molar-refractivity contribution is -0.141. The van der Waals surface area contributed by atoms with E-state index in [1.165, 1.54) is 17.4 Å². The predicted octanol–water partition coefficient (Wildman–Crippen LogP) is 6.90. The smallest absolute Gasteiger partial charge is 0.410 e. The van der Waals surface area contributed by atoms with Crippen molar-refractivity contribution in [2.45, 2.75) is 83.4 Å². The van der Waals surface area contributed by atoms with E-state index in [2.05, 4.69) is 20.8 Å². The molecule has 4 aliphatic rings. The molecule has 2 aromatic carbocycles. The average Bonchev–Trinajstić information content (AvgIpc) is 3.93. The molecule has 0 bridgehead atoms. The lowest BCUT2D eigenvalue weighted by Gasteiger charge is -2.29. The van der Waals surface area contributed by atoms with Crippen LogP contribution in [0.5, 0.6) is 0 Å². The van der Waals surface area contributed by atoms with Gasteiger partial charge in [0, 0.05) is 41.2 Å². The van der Waals surface area contributed by atoms with Crippen molar-refractivity contribution in [3.63, 3.8) is 0 Å². The van der Waals surface area contributed by atoms with E-state index in [4.69, 9.17) is 4.74 Å². The number of carboxylic acids is 2. The quantitative estimate of drug-likeness (QED) is 0.0988. The number of benzene rings is 2. The first kappa shape index (κ1) is 47.1. The Hall–Kier alpha value is -4.40. The Bertz CT molecular complexity index is 2590. The Morgan fingerprint density at radius 1 is 0.726 bits per heavy atom. The van der Waals surface area contributed by atoms with E-state index in [0.717, 1.165) is 62.9 Å². The summed E-state index contributed by atoms with van der Waals surface area (Å²) < 4.78 is 62.5. The lowest BCUT2D eigenvalue weighted by atomic mass is 10.1. The highest BCUT2D eigenvalue weighted by molar-refractivity contribution is 7.92. The minimum absolute atomic E-state index is 0. The van der Waals surface area contributed by atoms with Crippen molar-refractivity contribution >= 4 is 84.3 Å². The Morgan fingerprint density at radius 3 is 1.58 bits per heavy atom. The number of amides is 1. The van der Waals surface area contributed by atoms with Crippen molar-refractivity contribution in [3.8, 4) is 0 Å². The van der Waals surface area contributed by atoms with Gasteiger partial charge in [-0.1, -0.05) is 72.8 Å². The first-order valence-corrected chi connectivity index (χ1v) is 24.4. The Balaban J connectivity index is 0.000000209. The van der Waals surface area contributed by atoms with Gasteiger partial charge in [-0.15, -0.1) is 35.1 Å². The van der Waals surface area contributed by atoms with Crippen LogP contribution in [0, 0.1) is 0 Å². The SMILES string of the molecule is CC(C)(C)OC(=O)N1CC=C(c2ccc(S(=O)(=O)N[C@@]3(C(=O)O)CC3c3ccccc3)s2)CC1.Cl.O=C(O)[C@]1(NS(=O)(=O)c2ccc(C3=CCNCC3)s2)CC1c1ccccc1. The van der Waals surface area contributed by atoms with Crippen LogP contribution < -0.4 is 14.8 Å². The van der Waals surface area contributed by atoms with E-state index in [1.807, 2.05) is 87.5 Å². The first-order valence-electron chi connectivity index (χ1n) is 19.8. The number of carbonyl (C=O) groups is 3. The maximum atomic E-state index is 13.1. The summed E-state index contributed by atoms with van der Waals surface area (Å²) in [5.41, 5.74) is 0.116. The highest BCUT2D eigenvalue weighted by Crippen LogP contribution is 2.53. The summed E-state index contributed by atoms with van der Waals surface area (Å²) in [6.07, 6.45) is 5.46. The standard InChI is InChI=1S/C24H28N2O6S2.C19H20N2O4S2.ClH/c1-23(2,3)32-22(29)26-13-11-17(12-14-26)19-9-10-20(33-19)34(30,31)25-24(21(27)28)15-18(24)16-7-5-4-6-8-16;22-18(23)19(12-15(19)13-4-2-1-3-5-13)21-27(24,25)17-7-6-16(26-17)14-8-10-20-11-9-14;/h4-11,18,25H,12-15H2,1-3H3,(H,27,28);1-8,15,20-21H,9-12H2,(H,22,23);1H/t18?,24-;15?,19-;/m00./s1. The second-order valence-corrected chi connectivity index (χ2v) is 22.4. The zero-order valence-corrected chi connectivity index (χ0v) is 38.3. The number of hydrogen-bond donors (Lipinski definition) is 5. The van der Waals surface area contributed by atoms with Crippen LogP contribution >= 0.6 is 35.1 Å². The average molecular weight is 946 g/mol. The number of nitrogens with zero attached hydrogens (tertiary/aromatic N) is 1. The molecule has 2 aliphatic heterocycles. The molecule has 0 saturated heterocycles. The van der Waals surface area contributed by atoms with Crippen LogP contribution in [0.4, 0.5) is 4.79 Å². The molecule has 19 heteroatoms. The second kappa shape index (κ2) is 18.4. The van der Waals surface area contributed by atoms with Gasteiger partial charge in [0.05, 0.1) is 0 Å². The molecular formula is C43H49ClN4O10S4. The molecule has 0 spiro atoms. The molecule has 2 unspecified atom stereocenters. The van der Waals surface area contributed by atoms with E-state index < -0.39 is 54.6 Å². The molecule has 2 aromatic heterocycles. The van der Waals surface area contributed by atoms with Crippen LogP contribution in [0.15, 0.2) is 105 Å². The van der Waals surface area contributed by atoms with Crippen molar-refractivity contribution in [2.75, 3.05) is 26.2 Å². The minimum atomic E-state index is -4.03. The molecule has 0 radical (unpaired) electrons. The van der Waals surface area contributed by atoms with Crippen molar-refractivity contribution in [2.24, 2.45) is 0 Å².